The summed E-state index contributed by atoms with van der Waals surface area (Å²) in [6.07, 6.45) is -5.11. The van der Waals surface area contributed by atoms with E-state index >= 15 is 0 Å². The molecule has 2 rings (SSSR count). The molecule has 0 heterocycles. The van der Waals surface area contributed by atoms with Crippen molar-refractivity contribution in [3.05, 3.63) is 58.9 Å². The van der Waals surface area contributed by atoms with E-state index in [-0.39, 0.29) is 17.9 Å². The third-order valence-corrected chi connectivity index (χ3v) is 3.39. The van der Waals surface area contributed by atoms with E-state index in [0.29, 0.717) is 11.6 Å². The number of aryl methyl sites for hydroxylation is 1. The van der Waals surface area contributed by atoms with Crippen LogP contribution in [-0.4, -0.2) is 24.5 Å². The number of alkyl halides is 3. The van der Waals surface area contributed by atoms with Gasteiger partial charge in [0.1, 0.15) is 11.3 Å². The molecule has 0 spiro atoms. The number of halogens is 4. The highest BCUT2D eigenvalue weighted by atomic mass is 19.4. The number of esters is 1. The lowest BCUT2D eigenvalue weighted by Gasteiger charge is -2.13. The highest BCUT2D eigenvalue weighted by Gasteiger charge is 2.39. The predicted octanol–water partition coefficient (Wildman–Crippen LogP) is 4.85. The van der Waals surface area contributed by atoms with Crippen LogP contribution in [0.15, 0.2) is 36.4 Å². The number of Topliss-reactive ketones (excluding diaryl/α,β-unsaturated/α-hetero) is 1. The van der Waals surface area contributed by atoms with Crippen LogP contribution in [0.5, 0.6) is 11.5 Å². The highest BCUT2D eigenvalue weighted by Crippen LogP contribution is 2.31. The molecular weight excluding hydrogens is 356 g/mol. The summed E-state index contributed by atoms with van der Waals surface area (Å²) in [4.78, 5) is 23.2. The van der Waals surface area contributed by atoms with Crippen molar-refractivity contribution >= 4 is 11.8 Å². The topological polar surface area (TPSA) is 52.6 Å². The van der Waals surface area contributed by atoms with E-state index in [1.807, 2.05) is 0 Å². The molecule has 0 radical (unpaired) electrons. The van der Waals surface area contributed by atoms with Gasteiger partial charge in [-0.2, -0.15) is 13.2 Å². The summed E-state index contributed by atoms with van der Waals surface area (Å²) >= 11 is 0. The maximum Gasteiger partial charge on any atom is 0.454 e. The Bertz CT molecular complexity index is 844. The molecule has 26 heavy (non-hydrogen) atoms. The first-order chi connectivity index (χ1) is 12.1. The minimum absolute atomic E-state index is 0.0164. The summed E-state index contributed by atoms with van der Waals surface area (Å²) in [5.74, 6) is -4.45. The molecule has 0 amide bonds. The Morgan fingerprint density at radius 2 is 1.77 bits per heavy atom. The van der Waals surface area contributed by atoms with Gasteiger partial charge in [0, 0.05) is 5.56 Å². The average molecular weight is 370 g/mol. The van der Waals surface area contributed by atoms with Crippen LogP contribution in [0, 0.1) is 12.7 Å². The lowest BCUT2D eigenvalue weighted by Crippen LogP contribution is -2.22. The van der Waals surface area contributed by atoms with Crippen LogP contribution < -0.4 is 4.74 Å². The summed E-state index contributed by atoms with van der Waals surface area (Å²) in [5, 5.41) is 0. The molecule has 0 unspecified atom stereocenters. The van der Waals surface area contributed by atoms with E-state index in [1.165, 1.54) is 6.07 Å². The predicted molar refractivity (Wildman–Crippen MR) is 84.0 cm³/mol. The highest BCUT2D eigenvalue weighted by molar-refractivity contribution is 6.00. The molecule has 0 saturated carbocycles. The van der Waals surface area contributed by atoms with Crippen molar-refractivity contribution in [3.63, 3.8) is 0 Å². The number of ether oxygens (including phenoxy) is 2. The van der Waals surface area contributed by atoms with Crippen LogP contribution >= 0.6 is 0 Å². The van der Waals surface area contributed by atoms with Crippen LogP contribution in [0.25, 0.3) is 0 Å². The van der Waals surface area contributed by atoms with Gasteiger partial charge in [0.05, 0.1) is 6.61 Å². The molecule has 0 aliphatic carbocycles. The molecule has 0 atom stereocenters. The average Bonchev–Trinajstić information content (AvgIpc) is 2.55. The number of hydrogen-bond acceptors (Lipinski definition) is 4. The molecule has 0 bridgehead atoms. The molecule has 8 heteroatoms. The van der Waals surface area contributed by atoms with Crippen molar-refractivity contribution in [1.29, 1.82) is 0 Å². The molecule has 0 saturated heterocycles. The Morgan fingerprint density at radius 1 is 1.08 bits per heavy atom. The van der Waals surface area contributed by atoms with Gasteiger partial charge in [-0.3, -0.25) is 4.79 Å². The van der Waals surface area contributed by atoms with Gasteiger partial charge in [-0.05, 0) is 43.7 Å². The van der Waals surface area contributed by atoms with Gasteiger partial charge in [-0.15, -0.1) is 0 Å². The number of hydrogen-bond donors (Lipinski definition) is 0. The summed E-state index contributed by atoms with van der Waals surface area (Å²) in [5.41, 5.74) is -0.258. The molecule has 0 aliphatic rings. The quantitative estimate of drug-likeness (QED) is 0.429. The SMILES string of the molecule is CCOC(=O)c1c(C)cccc1Oc1ccc(C(=O)C(F)(F)F)cc1F. The maximum atomic E-state index is 14.1. The van der Waals surface area contributed by atoms with Crippen LogP contribution in [-0.2, 0) is 4.74 Å². The maximum absolute atomic E-state index is 14.1. The lowest BCUT2D eigenvalue weighted by atomic mass is 10.1. The first kappa shape index (κ1) is 19.4. The van der Waals surface area contributed by atoms with E-state index < -0.39 is 35.1 Å². The number of benzene rings is 2. The van der Waals surface area contributed by atoms with E-state index in [1.54, 1.807) is 26.0 Å². The van der Waals surface area contributed by atoms with Gasteiger partial charge in [-0.25, -0.2) is 9.18 Å². The van der Waals surface area contributed by atoms with Crippen molar-refractivity contribution in [3.8, 4) is 11.5 Å². The zero-order valence-electron chi connectivity index (χ0n) is 13.8. The lowest BCUT2D eigenvalue weighted by molar-refractivity contribution is -0.0885. The Balaban J connectivity index is 2.37. The van der Waals surface area contributed by atoms with Crippen molar-refractivity contribution in [2.24, 2.45) is 0 Å². The van der Waals surface area contributed by atoms with Gasteiger partial charge in [-0.1, -0.05) is 12.1 Å². The fourth-order valence-corrected chi connectivity index (χ4v) is 2.20. The Kier molecular flexibility index (Phi) is 5.64. The van der Waals surface area contributed by atoms with Crippen LogP contribution in [0.3, 0.4) is 0 Å². The van der Waals surface area contributed by atoms with E-state index in [4.69, 9.17) is 9.47 Å². The Morgan fingerprint density at radius 3 is 2.35 bits per heavy atom. The monoisotopic (exact) mass is 370 g/mol. The molecular formula is C18H14F4O4. The summed E-state index contributed by atoms with van der Waals surface area (Å²) in [6, 6.07) is 6.71. The van der Waals surface area contributed by atoms with Gasteiger partial charge in [0.15, 0.2) is 11.6 Å². The molecule has 0 fully saturated rings. The van der Waals surface area contributed by atoms with Crippen molar-refractivity contribution in [1.82, 2.24) is 0 Å². The Labute approximate surface area is 146 Å². The zero-order valence-corrected chi connectivity index (χ0v) is 13.8. The van der Waals surface area contributed by atoms with Gasteiger partial charge in [0.25, 0.3) is 5.78 Å². The molecule has 0 aromatic heterocycles. The second-order valence-corrected chi connectivity index (χ2v) is 5.24. The zero-order chi connectivity index (χ0) is 19.5. The fourth-order valence-electron chi connectivity index (χ4n) is 2.20. The number of carbonyl (C=O) groups excluding carboxylic acids is 2. The number of ketones is 1. The molecule has 138 valence electrons. The smallest absolute Gasteiger partial charge is 0.454 e. The standard InChI is InChI=1S/C18H14F4O4/c1-3-25-17(24)15-10(2)5-4-6-14(15)26-13-8-7-11(9-12(13)19)16(23)18(20,21)22/h4-9H,3H2,1-2H3. The summed E-state index contributed by atoms with van der Waals surface area (Å²) < 4.78 is 61.6. The molecule has 0 N–H and O–H groups in total. The van der Waals surface area contributed by atoms with Crippen LogP contribution in [0.2, 0.25) is 0 Å². The molecule has 4 nitrogen and oxygen atoms in total. The molecule has 2 aromatic carbocycles. The Hall–Kier alpha value is -2.90. The summed E-state index contributed by atoms with van der Waals surface area (Å²) in [7, 11) is 0. The second-order valence-electron chi connectivity index (χ2n) is 5.24. The number of carbonyl (C=O) groups is 2. The second kappa shape index (κ2) is 7.55. The van der Waals surface area contributed by atoms with Crippen LogP contribution in [0.4, 0.5) is 17.6 Å². The van der Waals surface area contributed by atoms with E-state index in [9.17, 15) is 27.2 Å². The van der Waals surface area contributed by atoms with Gasteiger partial charge in [0.2, 0.25) is 0 Å². The fraction of sp³-hybridized carbons (Fsp3) is 0.222. The van der Waals surface area contributed by atoms with E-state index in [2.05, 4.69) is 0 Å². The number of rotatable bonds is 5. The third kappa shape index (κ3) is 4.19. The van der Waals surface area contributed by atoms with Crippen molar-refractivity contribution in [2.45, 2.75) is 20.0 Å². The normalized spacial score (nSPS) is 11.2. The first-order valence-corrected chi connectivity index (χ1v) is 7.50. The van der Waals surface area contributed by atoms with Crippen molar-refractivity contribution in [2.75, 3.05) is 6.61 Å². The largest absolute Gasteiger partial charge is 0.462 e. The third-order valence-electron chi connectivity index (χ3n) is 3.39. The van der Waals surface area contributed by atoms with Crippen molar-refractivity contribution < 1.29 is 36.6 Å². The van der Waals surface area contributed by atoms with Crippen LogP contribution in [0.1, 0.15) is 33.2 Å². The molecule has 2 aromatic rings. The minimum Gasteiger partial charge on any atom is -0.462 e. The van der Waals surface area contributed by atoms with Gasteiger partial charge >= 0.3 is 12.1 Å². The van der Waals surface area contributed by atoms with E-state index in [0.717, 1.165) is 12.1 Å². The first-order valence-electron chi connectivity index (χ1n) is 7.50. The van der Waals surface area contributed by atoms with Gasteiger partial charge < -0.3 is 9.47 Å². The minimum atomic E-state index is -5.11. The summed E-state index contributed by atoms with van der Waals surface area (Å²) in [6.45, 7) is 3.36. The molecule has 0 aliphatic heterocycles.